The summed E-state index contributed by atoms with van der Waals surface area (Å²) in [6.07, 6.45) is -8.58. The van der Waals surface area contributed by atoms with Crippen LogP contribution < -0.4 is 5.32 Å². The molecule has 0 saturated carbocycles. The molecule has 0 aliphatic rings. The van der Waals surface area contributed by atoms with Gasteiger partial charge in [-0.25, -0.2) is 0 Å². The van der Waals surface area contributed by atoms with Crippen LogP contribution in [0.3, 0.4) is 0 Å². The zero-order valence-corrected chi connectivity index (χ0v) is 13.8. The summed E-state index contributed by atoms with van der Waals surface area (Å²) in [6.45, 7) is 0. The summed E-state index contributed by atoms with van der Waals surface area (Å²) in [5.74, 6) is -1.39. The molecule has 3 aromatic rings. The van der Waals surface area contributed by atoms with Crippen LogP contribution in [0, 0.1) is 0 Å². The van der Waals surface area contributed by atoms with E-state index in [0.29, 0.717) is 12.1 Å². The molecule has 0 aliphatic carbocycles. The van der Waals surface area contributed by atoms with Gasteiger partial charge in [-0.3, -0.25) is 14.8 Å². The average molecular weight is 405 g/mol. The highest BCUT2D eigenvalue weighted by Gasteiger charge is 2.37. The molecule has 3 rings (SSSR count). The quantitative estimate of drug-likeness (QED) is 0.671. The molecular weight excluding hydrogens is 396 g/mol. The maximum absolute atomic E-state index is 12.9. The van der Waals surface area contributed by atoms with Gasteiger partial charge in [0.05, 0.1) is 11.1 Å². The highest BCUT2D eigenvalue weighted by molar-refractivity contribution is 6.03. The first-order valence-electron chi connectivity index (χ1n) is 7.38. The van der Waals surface area contributed by atoms with Crippen LogP contribution in [0.2, 0.25) is 0 Å². The Morgan fingerprint density at radius 2 is 1.64 bits per heavy atom. The molecule has 0 aliphatic heterocycles. The average Bonchev–Trinajstić information content (AvgIpc) is 3.21. The van der Waals surface area contributed by atoms with Gasteiger partial charge in [0, 0.05) is 18.8 Å². The Balaban J connectivity index is 1.89. The molecule has 0 atom stereocenters. The van der Waals surface area contributed by atoms with Crippen molar-refractivity contribution in [3.63, 3.8) is 0 Å². The zero-order valence-electron chi connectivity index (χ0n) is 13.8. The Hall–Kier alpha value is -3.38. The number of halogens is 6. The van der Waals surface area contributed by atoms with Crippen LogP contribution in [-0.2, 0) is 19.4 Å². The number of nitrogens with zero attached hydrogens (tertiary/aromatic N) is 4. The van der Waals surface area contributed by atoms with E-state index < -0.39 is 41.0 Å². The molecule has 2 aromatic heterocycles. The van der Waals surface area contributed by atoms with Crippen LogP contribution in [0.5, 0.6) is 0 Å². The molecule has 1 N–H and O–H groups in total. The van der Waals surface area contributed by atoms with E-state index in [4.69, 9.17) is 4.42 Å². The van der Waals surface area contributed by atoms with E-state index in [1.807, 2.05) is 5.32 Å². The van der Waals surface area contributed by atoms with Gasteiger partial charge in [-0.15, -0.1) is 5.10 Å². The molecule has 148 valence electrons. The van der Waals surface area contributed by atoms with Crippen LogP contribution in [0.1, 0.15) is 21.5 Å². The van der Waals surface area contributed by atoms with Gasteiger partial charge in [-0.1, -0.05) is 5.10 Å². The van der Waals surface area contributed by atoms with Crippen LogP contribution in [0.25, 0.3) is 11.6 Å². The molecule has 28 heavy (non-hydrogen) atoms. The van der Waals surface area contributed by atoms with Crippen molar-refractivity contribution < 1.29 is 35.6 Å². The second-order valence-corrected chi connectivity index (χ2v) is 5.54. The van der Waals surface area contributed by atoms with Crippen molar-refractivity contribution in [2.75, 3.05) is 5.32 Å². The molecule has 7 nitrogen and oxygen atoms in total. The number of alkyl halides is 6. The molecule has 0 spiro atoms. The van der Waals surface area contributed by atoms with Gasteiger partial charge < -0.3 is 4.42 Å². The number of rotatable bonds is 3. The molecule has 13 heteroatoms. The van der Waals surface area contributed by atoms with Crippen LogP contribution in [0.15, 0.2) is 34.9 Å². The number of amides is 1. The molecule has 0 radical (unpaired) electrons. The largest absolute Gasteiger partial charge is 0.416 e. The summed E-state index contributed by atoms with van der Waals surface area (Å²) in [5.41, 5.74) is -3.85. The van der Waals surface area contributed by atoms with Gasteiger partial charge in [-0.2, -0.15) is 31.4 Å². The van der Waals surface area contributed by atoms with Crippen molar-refractivity contribution in [2.45, 2.75) is 12.4 Å². The van der Waals surface area contributed by atoms with Gasteiger partial charge in [0.1, 0.15) is 5.69 Å². The lowest BCUT2D eigenvalue weighted by Gasteiger charge is -2.13. The normalized spacial score (nSPS) is 12.2. The molecule has 1 amide bonds. The Morgan fingerprint density at radius 1 is 1.04 bits per heavy atom. The van der Waals surface area contributed by atoms with Gasteiger partial charge >= 0.3 is 18.4 Å². The maximum Gasteiger partial charge on any atom is 0.416 e. The highest BCUT2D eigenvalue weighted by atomic mass is 19.4. The summed E-state index contributed by atoms with van der Waals surface area (Å²) >= 11 is 0. The Kier molecular flexibility index (Phi) is 4.61. The lowest BCUT2D eigenvalue weighted by atomic mass is 10.0. The van der Waals surface area contributed by atoms with Crippen molar-refractivity contribution in [3.8, 4) is 11.6 Å². The summed E-state index contributed by atoms with van der Waals surface area (Å²) in [5, 5.41) is 13.0. The van der Waals surface area contributed by atoms with Crippen molar-refractivity contribution in [1.29, 1.82) is 0 Å². The van der Waals surface area contributed by atoms with Crippen molar-refractivity contribution in [2.24, 2.45) is 7.05 Å². The predicted molar refractivity (Wildman–Crippen MR) is 80.9 cm³/mol. The number of carbonyl (C=O) groups excluding carboxylic acids is 1. The minimum Gasteiger partial charge on any atom is -0.401 e. The lowest BCUT2D eigenvalue weighted by Crippen LogP contribution is -2.17. The molecule has 0 unspecified atom stereocenters. The monoisotopic (exact) mass is 405 g/mol. The highest BCUT2D eigenvalue weighted by Crippen LogP contribution is 2.36. The third-order valence-corrected chi connectivity index (χ3v) is 3.43. The van der Waals surface area contributed by atoms with Crippen LogP contribution >= 0.6 is 0 Å². The third kappa shape index (κ3) is 4.13. The first kappa shape index (κ1) is 19.4. The van der Waals surface area contributed by atoms with Crippen molar-refractivity contribution in [1.82, 2.24) is 20.0 Å². The predicted octanol–water partition coefficient (Wildman–Crippen LogP) is 3.76. The molecule has 2 heterocycles. The van der Waals surface area contributed by atoms with Crippen molar-refractivity contribution >= 4 is 11.9 Å². The second-order valence-electron chi connectivity index (χ2n) is 5.54. The third-order valence-electron chi connectivity index (χ3n) is 3.43. The van der Waals surface area contributed by atoms with E-state index in [9.17, 15) is 31.1 Å². The second kappa shape index (κ2) is 6.65. The van der Waals surface area contributed by atoms with E-state index in [2.05, 4.69) is 15.3 Å². The fourth-order valence-electron chi connectivity index (χ4n) is 2.16. The molecule has 0 saturated heterocycles. The Morgan fingerprint density at radius 3 is 2.14 bits per heavy atom. The van der Waals surface area contributed by atoms with Crippen LogP contribution in [-0.4, -0.2) is 25.9 Å². The van der Waals surface area contributed by atoms with Gasteiger partial charge in [0.2, 0.25) is 0 Å². The van der Waals surface area contributed by atoms with Crippen LogP contribution in [0.4, 0.5) is 32.4 Å². The number of carbonyl (C=O) groups is 1. The summed E-state index contributed by atoms with van der Waals surface area (Å²) < 4.78 is 83.7. The van der Waals surface area contributed by atoms with E-state index in [1.54, 1.807) is 13.2 Å². The number of anilines is 1. The number of hydrogen-bond acceptors (Lipinski definition) is 5. The maximum atomic E-state index is 12.9. The minimum atomic E-state index is -5.08. The van der Waals surface area contributed by atoms with E-state index in [-0.39, 0.29) is 17.7 Å². The summed E-state index contributed by atoms with van der Waals surface area (Å²) in [4.78, 5) is 12.1. The number of hydrogen-bond donors (Lipinski definition) is 1. The first-order valence-corrected chi connectivity index (χ1v) is 7.38. The minimum absolute atomic E-state index is 0.0807. The number of aryl methyl sites for hydroxylation is 1. The lowest BCUT2D eigenvalue weighted by molar-refractivity contribution is -0.143. The molecule has 0 bridgehead atoms. The molecule has 1 aromatic carbocycles. The number of nitrogens with one attached hydrogen (secondary N) is 1. The van der Waals surface area contributed by atoms with Crippen molar-refractivity contribution in [3.05, 3.63) is 47.2 Å². The standard InChI is InChI=1S/C15H9F6N5O2/c1-26-3-2-10(25-26)12-23-24-13(28-12)22-11(27)7-4-8(14(16,17)18)6-9(5-7)15(19,20)21/h2-6H,1H3,(H,22,24,27). The van der Waals surface area contributed by atoms with Gasteiger partial charge in [-0.05, 0) is 24.3 Å². The fourth-order valence-corrected chi connectivity index (χ4v) is 2.16. The summed E-state index contributed by atoms with van der Waals surface area (Å²) in [7, 11) is 1.62. The van der Waals surface area contributed by atoms with E-state index in [0.717, 1.165) is 0 Å². The van der Waals surface area contributed by atoms with Gasteiger partial charge in [0.25, 0.3) is 11.8 Å². The van der Waals surface area contributed by atoms with Gasteiger partial charge in [0.15, 0.2) is 0 Å². The zero-order chi connectivity index (χ0) is 20.7. The fraction of sp³-hybridized carbons (Fsp3) is 0.200. The SMILES string of the molecule is Cn1ccc(-c2nnc(NC(=O)c3cc(C(F)(F)F)cc(C(F)(F)F)c3)o2)n1. The first-order chi connectivity index (χ1) is 12.9. The number of aromatic nitrogens is 4. The Bertz CT molecular complexity index is 988. The molecule has 0 fully saturated rings. The van der Waals surface area contributed by atoms with E-state index >= 15 is 0 Å². The summed E-state index contributed by atoms with van der Waals surface area (Å²) in [6, 6.07) is 1.50. The topological polar surface area (TPSA) is 85.8 Å². The van der Waals surface area contributed by atoms with E-state index in [1.165, 1.54) is 10.7 Å². The smallest absolute Gasteiger partial charge is 0.401 e. The molecular formula is C15H9F6N5O2. The number of benzene rings is 1. The Labute approximate surface area is 152 Å².